The van der Waals surface area contributed by atoms with E-state index in [2.05, 4.69) is 10.2 Å². The Morgan fingerprint density at radius 1 is 1.38 bits per heavy atom. The molecule has 1 saturated heterocycles. The van der Waals surface area contributed by atoms with Crippen LogP contribution in [0.3, 0.4) is 0 Å². The van der Waals surface area contributed by atoms with Gasteiger partial charge in [-0.3, -0.25) is 14.7 Å². The second-order valence-corrected chi connectivity index (χ2v) is 6.55. The van der Waals surface area contributed by atoms with Crippen LogP contribution in [0, 0.1) is 12.3 Å². The zero-order chi connectivity index (χ0) is 15.0. The fourth-order valence-electron chi connectivity index (χ4n) is 3.92. The van der Waals surface area contributed by atoms with Gasteiger partial charge in [-0.1, -0.05) is 6.42 Å². The van der Waals surface area contributed by atoms with Gasteiger partial charge in [0.15, 0.2) is 0 Å². The summed E-state index contributed by atoms with van der Waals surface area (Å²) >= 11 is 0. The quantitative estimate of drug-likeness (QED) is 0.750. The minimum absolute atomic E-state index is 0.0126. The number of aliphatic hydroxyl groups excluding tert-OH is 1. The van der Waals surface area contributed by atoms with Gasteiger partial charge < -0.3 is 15.1 Å². The highest BCUT2D eigenvalue weighted by Crippen LogP contribution is 2.45. The van der Waals surface area contributed by atoms with Crippen molar-refractivity contribution < 1.29 is 9.90 Å². The molecule has 3 N–H and O–H groups in total. The number of aromatic nitrogens is 2. The Balaban J connectivity index is 1.72. The van der Waals surface area contributed by atoms with E-state index < -0.39 is 0 Å². The lowest BCUT2D eigenvalue weighted by Crippen LogP contribution is -2.49. The molecule has 1 amide bonds. The molecule has 6 heteroatoms. The first-order valence-electron chi connectivity index (χ1n) is 7.74. The molecule has 1 saturated carbocycles. The molecule has 2 heterocycles. The van der Waals surface area contributed by atoms with Gasteiger partial charge in [0, 0.05) is 29.8 Å². The molecule has 1 spiro atoms. The molecule has 0 bridgehead atoms. The number of aliphatic hydroxyl groups is 1. The standard InChI is InChI=1S/C15H23N3O3/c1-10-11(14(21)17-16-10)8-13(20)18-7-3-6-15(9-18)5-2-4-12(15)19/h12,19H,2-9H2,1H3,(H2,16,17,21)/t12-,15+/m1/s1. The van der Waals surface area contributed by atoms with Crippen molar-refractivity contribution in [3.63, 3.8) is 0 Å². The minimum Gasteiger partial charge on any atom is -0.392 e. The number of carbonyl (C=O) groups excluding carboxylic acids is 1. The molecule has 21 heavy (non-hydrogen) atoms. The van der Waals surface area contributed by atoms with E-state index in [1.54, 1.807) is 6.92 Å². The summed E-state index contributed by atoms with van der Waals surface area (Å²) in [4.78, 5) is 26.0. The number of hydrogen-bond acceptors (Lipinski definition) is 3. The molecular formula is C15H23N3O3. The Morgan fingerprint density at radius 2 is 2.14 bits per heavy atom. The summed E-state index contributed by atoms with van der Waals surface area (Å²) in [5.74, 6) is -0.0126. The van der Waals surface area contributed by atoms with Gasteiger partial charge in [0.2, 0.25) is 5.91 Å². The molecule has 1 aliphatic heterocycles. The predicted molar refractivity (Wildman–Crippen MR) is 78.0 cm³/mol. The Hall–Kier alpha value is -1.56. The second-order valence-electron chi connectivity index (χ2n) is 6.55. The number of hydrogen-bond donors (Lipinski definition) is 3. The van der Waals surface area contributed by atoms with E-state index in [-0.39, 0.29) is 29.4 Å². The van der Waals surface area contributed by atoms with Crippen molar-refractivity contribution in [2.45, 2.75) is 51.6 Å². The molecule has 6 nitrogen and oxygen atoms in total. The Morgan fingerprint density at radius 3 is 2.76 bits per heavy atom. The number of carbonyl (C=O) groups is 1. The van der Waals surface area contributed by atoms with E-state index in [9.17, 15) is 14.7 Å². The highest BCUT2D eigenvalue weighted by atomic mass is 16.3. The average molecular weight is 293 g/mol. The fraction of sp³-hybridized carbons (Fsp3) is 0.733. The van der Waals surface area contributed by atoms with Crippen LogP contribution in [0.4, 0.5) is 0 Å². The monoisotopic (exact) mass is 293 g/mol. The molecule has 0 unspecified atom stereocenters. The van der Waals surface area contributed by atoms with Crippen LogP contribution in [-0.2, 0) is 11.2 Å². The Labute approximate surface area is 123 Å². The number of aromatic amines is 2. The van der Waals surface area contributed by atoms with Crippen molar-refractivity contribution in [2.24, 2.45) is 5.41 Å². The van der Waals surface area contributed by atoms with E-state index in [0.29, 0.717) is 12.1 Å². The zero-order valence-electron chi connectivity index (χ0n) is 12.4. The topological polar surface area (TPSA) is 89.2 Å². The maximum absolute atomic E-state index is 12.5. The van der Waals surface area contributed by atoms with Gasteiger partial charge in [0.1, 0.15) is 0 Å². The van der Waals surface area contributed by atoms with Crippen LogP contribution in [0.15, 0.2) is 4.79 Å². The van der Waals surface area contributed by atoms with E-state index in [0.717, 1.165) is 44.3 Å². The number of nitrogens with one attached hydrogen (secondary N) is 2. The predicted octanol–water partition coefficient (Wildman–Crippen LogP) is 0.708. The molecule has 2 atom stereocenters. The van der Waals surface area contributed by atoms with Crippen LogP contribution >= 0.6 is 0 Å². The smallest absolute Gasteiger partial charge is 0.267 e. The molecule has 1 aromatic heterocycles. The third-order valence-electron chi connectivity index (χ3n) is 5.24. The lowest BCUT2D eigenvalue weighted by molar-refractivity contribution is -0.135. The number of rotatable bonds is 2. The van der Waals surface area contributed by atoms with Gasteiger partial charge in [-0.05, 0) is 32.6 Å². The molecule has 0 aromatic carbocycles. The van der Waals surface area contributed by atoms with E-state index in [1.165, 1.54) is 0 Å². The summed E-state index contributed by atoms with van der Waals surface area (Å²) in [7, 11) is 0. The summed E-state index contributed by atoms with van der Waals surface area (Å²) in [5.41, 5.74) is 0.925. The number of aryl methyl sites for hydroxylation is 1. The van der Waals surface area contributed by atoms with Gasteiger partial charge in [0.05, 0.1) is 12.5 Å². The minimum atomic E-state index is -0.287. The van der Waals surface area contributed by atoms with Crippen LogP contribution in [-0.4, -0.2) is 45.3 Å². The molecular weight excluding hydrogens is 270 g/mol. The summed E-state index contributed by atoms with van der Waals surface area (Å²) in [6.45, 7) is 3.15. The summed E-state index contributed by atoms with van der Waals surface area (Å²) in [6.07, 6.45) is 4.68. The van der Waals surface area contributed by atoms with Crippen molar-refractivity contribution >= 4 is 5.91 Å². The van der Waals surface area contributed by atoms with Gasteiger partial charge in [-0.2, -0.15) is 0 Å². The molecule has 2 aliphatic rings. The molecule has 1 aliphatic carbocycles. The average Bonchev–Trinajstić information content (AvgIpc) is 2.97. The van der Waals surface area contributed by atoms with Crippen LogP contribution < -0.4 is 5.56 Å². The van der Waals surface area contributed by atoms with Gasteiger partial charge in [-0.15, -0.1) is 0 Å². The summed E-state index contributed by atoms with van der Waals surface area (Å²) < 4.78 is 0. The second kappa shape index (κ2) is 5.33. The van der Waals surface area contributed by atoms with Gasteiger partial charge in [-0.25, -0.2) is 0 Å². The third kappa shape index (κ3) is 2.52. The first-order chi connectivity index (χ1) is 10.0. The fourth-order valence-corrected chi connectivity index (χ4v) is 3.92. The molecule has 2 fully saturated rings. The van der Waals surface area contributed by atoms with Crippen LogP contribution in [0.25, 0.3) is 0 Å². The van der Waals surface area contributed by atoms with Gasteiger partial charge in [0.25, 0.3) is 5.56 Å². The van der Waals surface area contributed by atoms with E-state index in [4.69, 9.17) is 0 Å². The highest BCUT2D eigenvalue weighted by molar-refractivity contribution is 5.79. The SMILES string of the molecule is Cc1[nH][nH]c(=O)c1CC(=O)N1CCC[C@@]2(CCC[C@H]2O)C1. The Kier molecular flexibility index (Phi) is 3.65. The number of piperidine rings is 1. The first-order valence-corrected chi connectivity index (χ1v) is 7.74. The molecule has 1 aromatic rings. The number of H-pyrrole nitrogens is 2. The molecule has 3 rings (SSSR count). The van der Waals surface area contributed by atoms with Crippen LogP contribution in [0.2, 0.25) is 0 Å². The maximum Gasteiger partial charge on any atom is 0.267 e. The maximum atomic E-state index is 12.5. The molecule has 0 radical (unpaired) electrons. The van der Waals surface area contributed by atoms with Gasteiger partial charge >= 0.3 is 0 Å². The Bertz CT molecular complexity index is 591. The number of nitrogens with zero attached hydrogens (tertiary/aromatic N) is 1. The largest absolute Gasteiger partial charge is 0.392 e. The van der Waals surface area contributed by atoms with Crippen molar-refractivity contribution in [1.29, 1.82) is 0 Å². The molecule has 116 valence electrons. The normalized spacial score (nSPS) is 29.2. The summed E-state index contributed by atoms with van der Waals surface area (Å²) in [5, 5.41) is 15.5. The third-order valence-corrected chi connectivity index (χ3v) is 5.24. The van der Waals surface area contributed by atoms with Crippen molar-refractivity contribution in [2.75, 3.05) is 13.1 Å². The lowest BCUT2D eigenvalue weighted by atomic mass is 9.76. The number of likely N-dealkylation sites (tertiary alicyclic amines) is 1. The van der Waals surface area contributed by atoms with E-state index in [1.807, 2.05) is 4.90 Å². The van der Waals surface area contributed by atoms with Crippen molar-refractivity contribution in [3.8, 4) is 0 Å². The first kappa shape index (κ1) is 14.4. The lowest BCUT2D eigenvalue weighted by Gasteiger charge is -2.42. The van der Waals surface area contributed by atoms with Crippen molar-refractivity contribution in [3.05, 3.63) is 21.6 Å². The highest BCUT2D eigenvalue weighted by Gasteiger charge is 2.45. The van der Waals surface area contributed by atoms with Crippen molar-refractivity contribution in [1.82, 2.24) is 15.1 Å². The zero-order valence-corrected chi connectivity index (χ0v) is 12.4. The van der Waals surface area contributed by atoms with Crippen LogP contribution in [0.1, 0.15) is 43.4 Å². The van der Waals surface area contributed by atoms with Crippen LogP contribution in [0.5, 0.6) is 0 Å². The van der Waals surface area contributed by atoms with E-state index >= 15 is 0 Å². The number of amides is 1. The summed E-state index contributed by atoms with van der Waals surface area (Å²) in [6, 6.07) is 0.